The minimum atomic E-state index is -0.376. The highest BCUT2D eigenvalue weighted by molar-refractivity contribution is 5.87. The molecule has 1 aromatic carbocycles. The van der Waals surface area contributed by atoms with Crippen molar-refractivity contribution >= 4 is 11.8 Å². The number of benzene rings is 1. The SMILES string of the molecule is CC(C)(C)C(=O)N1CC[C@@]2(CCCN(CCCc3ccccc3)C2=O)C1. The minimum absolute atomic E-state index is 0.170. The van der Waals surface area contributed by atoms with Crippen LogP contribution in [-0.2, 0) is 16.0 Å². The molecule has 2 amide bonds. The summed E-state index contributed by atoms with van der Waals surface area (Å²) in [6.07, 6.45) is 4.80. The van der Waals surface area contributed by atoms with Gasteiger partial charge in [-0.3, -0.25) is 9.59 Å². The highest BCUT2D eigenvalue weighted by Crippen LogP contribution is 2.41. The molecular formula is C22H32N2O2. The van der Waals surface area contributed by atoms with Crippen molar-refractivity contribution in [2.45, 2.75) is 52.9 Å². The lowest BCUT2D eigenvalue weighted by atomic mass is 9.78. The molecule has 1 aromatic rings. The first-order chi connectivity index (χ1) is 12.3. The second kappa shape index (κ2) is 7.42. The highest BCUT2D eigenvalue weighted by atomic mass is 16.2. The van der Waals surface area contributed by atoms with Crippen LogP contribution in [0, 0.1) is 10.8 Å². The standard InChI is InChI=1S/C22H32N2O2/c1-21(2,3)19(25)24-16-13-22(17-24)12-8-15-23(20(22)26)14-7-11-18-9-5-4-6-10-18/h4-6,9-10H,7-8,11-17H2,1-3H3/t22-/m0/s1. The third-order valence-corrected chi connectivity index (χ3v) is 5.84. The zero-order chi connectivity index (χ0) is 18.8. The van der Waals surface area contributed by atoms with Gasteiger partial charge in [-0.2, -0.15) is 0 Å². The van der Waals surface area contributed by atoms with E-state index in [1.165, 1.54) is 5.56 Å². The van der Waals surface area contributed by atoms with E-state index in [2.05, 4.69) is 29.2 Å². The Morgan fingerprint density at radius 1 is 1.12 bits per heavy atom. The van der Waals surface area contributed by atoms with Gasteiger partial charge in [0.1, 0.15) is 0 Å². The van der Waals surface area contributed by atoms with Crippen molar-refractivity contribution in [3.05, 3.63) is 35.9 Å². The lowest BCUT2D eigenvalue weighted by molar-refractivity contribution is -0.147. The Balaban J connectivity index is 1.58. The fourth-order valence-corrected chi connectivity index (χ4v) is 4.38. The van der Waals surface area contributed by atoms with Crippen LogP contribution in [0.15, 0.2) is 30.3 Å². The lowest BCUT2D eigenvalue weighted by Gasteiger charge is -2.39. The Labute approximate surface area is 157 Å². The van der Waals surface area contributed by atoms with Crippen molar-refractivity contribution in [1.82, 2.24) is 9.80 Å². The molecule has 1 spiro atoms. The molecule has 2 fully saturated rings. The summed E-state index contributed by atoms with van der Waals surface area (Å²) in [5, 5.41) is 0. The zero-order valence-electron chi connectivity index (χ0n) is 16.5. The van der Waals surface area contributed by atoms with Gasteiger partial charge in [0.25, 0.3) is 0 Å². The predicted molar refractivity (Wildman–Crippen MR) is 104 cm³/mol. The van der Waals surface area contributed by atoms with E-state index >= 15 is 0 Å². The molecule has 2 heterocycles. The maximum atomic E-state index is 13.2. The molecule has 142 valence electrons. The van der Waals surface area contributed by atoms with Crippen LogP contribution in [0.4, 0.5) is 0 Å². The minimum Gasteiger partial charge on any atom is -0.342 e. The first kappa shape index (κ1) is 18.9. The van der Waals surface area contributed by atoms with E-state index < -0.39 is 0 Å². The van der Waals surface area contributed by atoms with Crippen LogP contribution in [0.2, 0.25) is 0 Å². The van der Waals surface area contributed by atoms with Crippen LogP contribution in [0.3, 0.4) is 0 Å². The fraction of sp³-hybridized carbons (Fsp3) is 0.636. The number of likely N-dealkylation sites (tertiary alicyclic amines) is 2. The summed E-state index contributed by atoms with van der Waals surface area (Å²) in [7, 11) is 0. The van der Waals surface area contributed by atoms with E-state index in [0.717, 1.165) is 51.7 Å². The topological polar surface area (TPSA) is 40.6 Å². The van der Waals surface area contributed by atoms with Gasteiger partial charge in [-0.25, -0.2) is 0 Å². The first-order valence-electron chi connectivity index (χ1n) is 9.95. The molecule has 2 aliphatic rings. The summed E-state index contributed by atoms with van der Waals surface area (Å²) >= 11 is 0. The summed E-state index contributed by atoms with van der Waals surface area (Å²) in [4.78, 5) is 29.8. The molecule has 2 saturated heterocycles. The lowest BCUT2D eigenvalue weighted by Crippen LogP contribution is -2.51. The summed E-state index contributed by atoms with van der Waals surface area (Å²) in [6.45, 7) is 8.89. The molecule has 0 bridgehead atoms. The highest BCUT2D eigenvalue weighted by Gasteiger charge is 2.50. The number of carbonyl (C=O) groups is 2. The van der Waals surface area contributed by atoms with Gasteiger partial charge < -0.3 is 9.80 Å². The molecule has 0 aliphatic carbocycles. The van der Waals surface area contributed by atoms with Gasteiger partial charge in [0.15, 0.2) is 0 Å². The number of carbonyl (C=O) groups excluding carboxylic acids is 2. The molecule has 3 rings (SSSR count). The third-order valence-electron chi connectivity index (χ3n) is 5.84. The van der Waals surface area contributed by atoms with Crippen LogP contribution >= 0.6 is 0 Å². The molecule has 2 aliphatic heterocycles. The second-order valence-electron chi connectivity index (χ2n) is 8.99. The van der Waals surface area contributed by atoms with Crippen molar-refractivity contribution in [1.29, 1.82) is 0 Å². The van der Waals surface area contributed by atoms with Crippen LogP contribution in [0.1, 0.15) is 52.0 Å². The Bertz CT molecular complexity index is 650. The maximum absolute atomic E-state index is 13.2. The number of piperidine rings is 1. The quantitative estimate of drug-likeness (QED) is 0.828. The Morgan fingerprint density at radius 3 is 2.54 bits per heavy atom. The zero-order valence-corrected chi connectivity index (χ0v) is 16.5. The van der Waals surface area contributed by atoms with Crippen molar-refractivity contribution in [3.8, 4) is 0 Å². The van der Waals surface area contributed by atoms with E-state index in [0.29, 0.717) is 6.54 Å². The van der Waals surface area contributed by atoms with E-state index in [4.69, 9.17) is 0 Å². The van der Waals surface area contributed by atoms with Gasteiger partial charge in [-0.05, 0) is 37.7 Å². The summed E-state index contributed by atoms with van der Waals surface area (Å²) in [6, 6.07) is 10.5. The Hall–Kier alpha value is -1.84. The van der Waals surface area contributed by atoms with Gasteiger partial charge in [-0.15, -0.1) is 0 Å². The molecule has 1 atom stereocenters. The number of aryl methyl sites for hydroxylation is 1. The monoisotopic (exact) mass is 356 g/mol. The molecule has 0 saturated carbocycles. The Morgan fingerprint density at radius 2 is 1.85 bits per heavy atom. The van der Waals surface area contributed by atoms with Crippen molar-refractivity contribution < 1.29 is 9.59 Å². The molecule has 0 unspecified atom stereocenters. The number of hydrogen-bond donors (Lipinski definition) is 0. The van der Waals surface area contributed by atoms with Gasteiger partial charge in [-0.1, -0.05) is 51.1 Å². The van der Waals surface area contributed by atoms with Gasteiger partial charge >= 0.3 is 0 Å². The molecule has 0 N–H and O–H groups in total. The van der Waals surface area contributed by atoms with Crippen LogP contribution in [0.25, 0.3) is 0 Å². The van der Waals surface area contributed by atoms with Crippen molar-refractivity contribution in [2.24, 2.45) is 10.8 Å². The molecule has 4 nitrogen and oxygen atoms in total. The summed E-state index contributed by atoms with van der Waals surface area (Å²) in [5.74, 6) is 0.449. The van der Waals surface area contributed by atoms with Gasteiger partial charge in [0, 0.05) is 31.6 Å². The van der Waals surface area contributed by atoms with E-state index in [1.54, 1.807) is 0 Å². The average Bonchev–Trinajstić information content (AvgIpc) is 3.03. The van der Waals surface area contributed by atoms with E-state index in [-0.39, 0.29) is 22.6 Å². The number of rotatable bonds is 4. The first-order valence-corrected chi connectivity index (χ1v) is 9.95. The third kappa shape index (κ3) is 3.94. The smallest absolute Gasteiger partial charge is 0.230 e. The maximum Gasteiger partial charge on any atom is 0.230 e. The summed E-state index contributed by atoms with van der Waals surface area (Å²) in [5.41, 5.74) is 0.624. The van der Waals surface area contributed by atoms with Crippen molar-refractivity contribution in [3.63, 3.8) is 0 Å². The number of nitrogens with zero attached hydrogens (tertiary/aromatic N) is 2. The fourth-order valence-electron chi connectivity index (χ4n) is 4.38. The molecule has 0 radical (unpaired) electrons. The number of hydrogen-bond acceptors (Lipinski definition) is 2. The van der Waals surface area contributed by atoms with E-state index in [9.17, 15) is 9.59 Å². The van der Waals surface area contributed by atoms with Crippen molar-refractivity contribution in [2.75, 3.05) is 26.2 Å². The van der Waals surface area contributed by atoms with Gasteiger partial charge in [0.05, 0.1) is 5.41 Å². The van der Waals surface area contributed by atoms with Crippen LogP contribution in [-0.4, -0.2) is 47.8 Å². The second-order valence-corrected chi connectivity index (χ2v) is 8.99. The van der Waals surface area contributed by atoms with E-state index in [1.807, 2.05) is 31.7 Å². The predicted octanol–water partition coefficient (Wildman–Crippen LogP) is 3.51. The van der Waals surface area contributed by atoms with Crippen LogP contribution in [0.5, 0.6) is 0 Å². The van der Waals surface area contributed by atoms with Crippen LogP contribution < -0.4 is 0 Å². The molecule has 4 heteroatoms. The average molecular weight is 357 g/mol. The molecule has 26 heavy (non-hydrogen) atoms. The Kier molecular flexibility index (Phi) is 5.40. The molecule has 0 aromatic heterocycles. The largest absolute Gasteiger partial charge is 0.342 e. The summed E-state index contributed by atoms with van der Waals surface area (Å²) < 4.78 is 0. The number of amides is 2. The van der Waals surface area contributed by atoms with Gasteiger partial charge in [0.2, 0.25) is 11.8 Å². The normalized spacial score (nSPS) is 23.7. The molecular weight excluding hydrogens is 324 g/mol.